The van der Waals surface area contributed by atoms with Gasteiger partial charge in [0, 0.05) is 17.2 Å². The van der Waals surface area contributed by atoms with E-state index in [2.05, 4.69) is 16.2 Å². The Labute approximate surface area is 174 Å². The molecule has 0 saturated heterocycles. The minimum atomic E-state index is -0.826. The van der Waals surface area contributed by atoms with Crippen LogP contribution in [0.25, 0.3) is 0 Å². The van der Waals surface area contributed by atoms with Gasteiger partial charge in [0.25, 0.3) is 11.8 Å². The van der Waals surface area contributed by atoms with Crippen LogP contribution >= 0.6 is 0 Å². The molecule has 1 saturated carbocycles. The molecule has 3 amide bonds. The van der Waals surface area contributed by atoms with Crippen molar-refractivity contribution in [2.45, 2.75) is 32.8 Å². The molecule has 1 aliphatic rings. The molecule has 2 aromatic rings. The monoisotopic (exact) mass is 411 g/mol. The van der Waals surface area contributed by atoms with Crippen LogP contribution in [0.15, 0.2) is 48.5 Å². The van der Waals surface area contributed by atoms with E-state index in [-0.39, 0.29) is 11.8 Å². The number of ether oxygens (including phenoxy) is 2. The van der Waals surface area contributed by atoms with Gasteiger partial charge in [-0.15, -0.1) is 0 Å². The third-order valence-corrected chi connectivity index (χ3v) is 4.46. The van der Waals surface area contributed by atoms with Gasteiger partial charge in [-0.05, 0) is 69.2 Å². The van der Waals surface area contributed by atoms with Gasteiger partial charge in [0.15, 0.2) is 6.10 Å². The fraction of sp³-hybridized carbons (Fsp3) is 0.318. The van der Waals surface area contributed by atoms with Crippen molar-refractivity contribution in [2.75, 3.05) is 11.9 Å². The zero-order chi connectivity index (χ0) is 21.5. The Kier molecular flexibility index (Phi) is 6.90. The lowest BCUT2D eigenvalue weighted by Crippen LogP contribution is -2.47. The van der Waals surface area contributed by atoms with Crippen molar-refractivity contribution in [2.24, 2.45) is 5.92 Å². The minimum absolute atomic E-state index is 0.0406. The predicted octanol–water partition coefficient (Wildman–Crippen LogP) is 2.66. The molecule has 0 spiro atoms. The minimum Gasteiger partial charge on any atom is -0.494 e. The van der Waals surface area contributed by atoms with E-state index in [1.807, 2.05) is 6.92 Å². The summed E-state index contributed by atoms with van der Waals surface area (Å²) in [6, 6.07) is 13.4. The van der Waals surface area contributed by atoms with E-state index in [0.717, 1.165) is 12.8 Å². The Hall–Kier alpha value is -3.55. The molecule has 0 radical (unpaired) electrons. The largest absolute Gasteiger partial charge is 0.494 e. The number of carbonyl (C=O) groups excluding carboxylic acids is 3. The van der Waals surface area contributed by atoms with E-state index >= 15 is 0 Å². The summed E-state index contributed by atoms with van der Waals surface area (Å²) in [5.41, 5.74) is 5.55. The molecule has 3 N–H and O–H groups in total. The van der Waals surface area contributed by atoms with Crippen LogP contribution in [0.5, 0.6) is 11.5 Å². The molecule has 1 atom stereocenters. The third kappa shape index (κ3) is 5.97. The van der Waals surface area contributed by atoms with Crippen molar-refractivity contribution in [3.63, 3.8) is 0 Å². The molecule has 0 aromatic heterocycles. The normalized spacial score (nSPS) is 13.7. The van der Waals surface area contributed by atoms with Crippen LogP contribution in [-0.4, -0.2) is 30.4 Å². The van der Waals surface area contributed by atoms with E-state index in [1.165, 1.54) is 0 Å². The molecule has 2 aromatic carbocycles. The number of benzene rings is 2. The van der Waals surface area contributed by atoms with Crippen LogP contribution in [-0.2, 0) is 9.59 Å². The molecule has 3 rings (SSSR count). The number of nitrogens with one attached hydrogen (secondary N) is 3. The Morgan fingerprint density at radius 2 is 1.73 bits per heavy atom. The summed E-state index contributed by atoms with van der Waals surface area (Å²) in [7, 11) is 0. The van der Waals surface area contributed by atoms with Gasteiger partial charge in [0.1, 0.15) is 11.5 Å². The average Bonchev–Trinajstić information content (AvgIpc) is 3.59. The van der Waals surface area contributed by atoms with E-state index in [4.69, 9.17) is 9.47 Å². The number of anilines is 1. The van der Waals surface area contributed by atoms with Crippen LogP contribution < -0.4 is 25.6 Å². The Morgan fingerprint density at radius 3 is 2.40 bits per heavy atom. The highest BCUT2D eigenvalue weighted by atomic mass is 16.5. The summed E-state index contributed by atoms with van der Waals surface area (Å²) in [5, 5.41) is 2.79. The van der Waals surface area contributed by atoms with Crippen molar-refractivity contribution >= 4 is 23.4 Å². The number of hydrogen-bond donors (Lipinski definition) is 3. The van der Waals surface area contributed by atoms with Gasteiger partial charge in [-0.25, -0.2) is 0 Å². The maximum absolute atomic E-state index is 12.3. The Morgan fingerprint density at radius 1 is 1.03 bits per heavy atom. The number of hydrogen-bond acceptors (Lipinski definition) is 5. The van der Waals surface area contributed by atoms with Crippen molar-refractivity contribution < 1.29 is 23.9 Å². The molecule has 8 nitrogen and oxygen atoms in total. The van der Waals surface area contributed by atoms with E-state index in [9.17, 15) is 14.4 Å². The van der Waals surface area contributed by atoms with Crippen molar-refractivity contribution in [1.29, 1.82) is 0 Å². The highest BCUT2D eigenvalue weighted by Crippen LogP contribution is 2.30. The van der Waals surface area contributed by atoms with Crippen LogP contribution in [0.1, 0.15) is 37.0 Å². The number of hydrazine groups is 1. The lowest BCUT2D eigenvalue weighted by Gasteiger charge is -2.15. The quantitative estimate of drug-likeness (QED) is 0.579. The first kappa shape index (κ1) is 21.2. The van der Waals surface area contributed by atoms with Crippen LogP contribution in [0.2, 0.25) is 0 Å². The maximum Gasteiger partial charge on any atom is 0.279 e. The van der Waals surface area contributed by atoms with Crippen molar-refractivity contribution in [3.8, 4) is 11.5 Å². The van der Waals surface area contributed by atoms with Gasteiger partial charge < -0.3 is 14.8 Å². The van der Waals surface area contributed by atoms with Gasteiger partial charge >= 0.3 is 0 Å². The van der Waals surface area contributed by atoms with Crippen molar-refractivity contribution in [3.05, 3.63) is 54.1 Å². The van der Waals surface area contributed by atoms with Gasteiger partial charge in [-0.2, -0.15) is 0 Å². The van der Waals surface area contributed by atoms with Crippen LogP contribution in [0, 0.1) is 5.92 Å². The Balaban J connectivity index is 1.48. The van der Waals surface area contributed by atoms with Crippen LogP contribution in [0.3, 0.4) is 0 Å². The maximum atomic E-state index is 12.3. The molecular formula is C22H25N3O5. The highest BCUT2D eigenvalue weighted by molar-refractivity contribution is 5.99. The third-order valence-electron chi connectivity index (χ3n) is 4.46. The molecule has 1 unspecified atom stereocenters. The summed E-state index contributed by atoms with van der Waals surface area (Å²) >= 11 is 0. The van der Waals surface area contributed by atoms with E-state index in [0.29, 0.717) is 29.4 Å². The topological polar surface area (TPSA) is 106 Å². The second kappa shape index (κ2) is 9.78. The summed E-state index contributed by atoms with van der Waals surface area (Å²) in [5.74, 6) is 0.241. The first-order chi connectivity index (χ1) is 14.5. The zero-order valence-corrected chi connectivity index (χ0v) is 16.9. The summed E-state index contributed by atoms with van der Waals surface area (Å²) in [6.45, 7) is 4.03. The summed E-state index contributed by atoms with van der Waals surface area (Å²) < 4.78 is 10.9. The average molecular weight is 411 g/mol. The van der Waals surface area contributed by atoms with Crippen LogP contribution in [0.4, 0.5) is 5.69 Å². The SMILES string of the molecule is CCOc1ccc(OC(C)C(=O)NNC(=O)c2cccc(NC(=O)C3CC3)c2)cc1. The highest BCUT2D eigenvalue weighted by Gasteiger charge is 2.29. The Bertz CT molecular complexity index is 909. The molecule has 0 bridgehead atoms. The fourth-order valence-corrected chi connectivity index (χ4v) is 2.66. The predicted molar refractivity (Wildman–Crippen MR) is 111 cm³/mol. The lowest BCUT2D eigenvalue weighted by molar-refractivity contribution is -0.128. The lowest BCUT2D eigenvalue weighted by atomic mass is 10.2. The fourth-order valence-electron chi connectivity index (χ4n) is 2.66. The summed E-state index contributed by atoms with van der Waals surface area (Å²) in [4.78, 5) is 36.4. The second-order valence-electron chi connectivity index (χ2n) is 6.95. The van der Waals surface area contributed by atoms with Gasteiger partial charge in [0.05, 0.1) is 6.61 Å². The molecular weight excluding hydrogens is 386 g/mol. The molecule has 0 aliphatic heterocycles. The molecule has 30 heavy (non-hydrogen) atoms. The zero-order valence-electron chi connectivity index (χ0n) is 16.9. The second-order valence-corrected chi connectivity index (χ2v) is 6.95. The summed E-state index contributed by atoms with van der Waals surface area (Å²) in [6.07, 6.45) is 0.969. The molecule has 8 heteroatoms. The number of carbonyl (C=O) groups is 3. The van der Waals surface area contributed by atoms with Gasteiger partial charge in [0.2, 0.25) is 5.91 Å². The smallest absolute Gasteiger partial charge is 0.279 e. The molecule has 1 fully saturated rings. The molecule has 1 aliphatic carbocycles. The van der Waals surface area contributed by atoms with Gasteiger partial charge in [-0.1, -0.05) is 6.07 Å². The first-order valence-electron chi connectivity index (χ1n) is 9.87. The molecule has 0 heterocycles. The first-order valence-corrected chi connectivity index (χ1v) is 9.87. The molecule has 158 valence electrons. The number of rotatable bonds is 8. The van der Waals surface area contributed by atoms with Gasteiger partial charge in [-0.3, -0.25) is 25.2 Å². The van der Waals surface area contributed by atoms with Crippen molar-refractivity contribution in [1.82, 2.24) is 10.9 Å². The van der Waals surface area contributed by atoms with E-state index in [1.54, 1.807) is 55.5 Å². The standard InChI is InChI=1S/C22H25N3O5/c1-3-29-18-9-11-19(12-10-18)30-14(2)20(26)24-25-22(28)16-5-4-6-17(13-16)23-21(27)15-7-8-15/h4-6,9-15H,3,7-8H2,1-2H3,(H,23,27)(H,24,26)(H,25,28). The van der Waals surface area contributed by atoms with E-state index < -0.39 is 17.9 Å². The number of amides is 3.